The summed E-state index contributed by atoms with van der Waals surface area (Å²) in [6.45, 7) is 3.06. The van der Waals surface area contributed by atoms with Crippen LogP contribution in [0.3, 0.4) is 0 Å². The van der Waals surface area contributed by atoms with E-state index in [-0.39, 0.29) is 12.4 Å². The Hall–Kier alpha value is -2.07. The molecule has 1 atom stereocenters. The van der Waals surface area contributed by atoms with Crippen LogP contribution >= 0.6 is 12.4 Å². The summed E-state index contributed by atoms with van der Waals surface area (Å²) in [5, 5.41) is 12.7. The van der Waals surface area contributed by atoms with Crippen molar-refractivity contribution in [2.75, 3.05) is 26.2 Å². The van der Waals surface area contributed by atoms with E-state index < -0.39 is 6.10 Å². The van der Waals surface area contributed by atoms with Gasteiger partial charge in [-0.25, -0.2) is 0 Å². The molecular weight excluding hydrogens is 370 g/mol. The number of piperidine rings is 1. The SMILES string of the molecule is Cl.OC(COc1cccc2ccccc12)CN1CCC(c2ccccc2)CC1. The van der Waals surface area contributed by atoms with Gasteiger partial charge >= 0.3 is 0 Å². The van der Waals surface area contributed by atoms with Gasteiger partial charge in [-0.2, -0.15) is 0 Å². The Balaban J connectivity index is 0.00000225. The molecule has 3 nitrogen and oxygen atoms in total. The lowest BCUT2D eigenvalue weighted by molar-refractivity contribution is 0.0599. The fourth-order valence-electron chi connectivity index (χ4n) is 4.03. The summed E-state index contributed by atoms with van der Waals surface area (Å²) in [5.41, 5.74) is 1.44. The van der Waals surface area contributed by atoms with Gasteiger partial charge < -0.3 is 14.7 Å². The zero-order valence-corrected chi connectivity index (χ0v) is 16.9. The van der Waals surface area contributed by atoms with Gasteiger partial charge in [-0.05, 0) is 48.9 Å². The van der Waals surface area contributed by atoms with Crippen LogP contribution in [0.15, 0.2) is 72.8 Å². The second kappa shape index (κ2) is 9.92. The Kier molecular flexibility index (Phi) is 7.32. The third kappa shape index (κ3) is 5.05. The number of likely N-dealkylation sites (tertiary alicyclic amines) is 1. The lowest BCUT2D eigenvalue weighted by Gasteiger charge is -2.33. The molecule has 3 aromatic rings. The van der Waals surface area contributed by atoms with Crippen LogP contribution in [0, 0.1) is 0 Å². The van der Waals surface area contributed by atoms with Crippen molar-refractivity contribution >= 4 is 23.2 Å². The largest absolute Gasteiger partial charge is 0.490 e. The third-order valence-electron chi connectivity index (χ3n) is 5.51. The van der Waals surface area contributed by atoms with E-state index in [0.717, 1.165) is 42.5 Å². The number of hydrogen-bond donors (Lipinski definition) is 1. The Labute approximate surface area is 173 Å². The molecule has 1 heterocycles. The molecule has 0 aromatic heterocycles. The molecule has 0 bridgehead atoms. The van der Waals surface area contributed by atoms with Crippen LogP contribution in [0.25, 0.3) is 10.8 Å². The normalized spacial score (nSPS) is 16.5. The van der Waals surface area contributed by atoms with E-state index in [1.165, 1.54) is 5.56 Å². The van der Waals surface area contributed by atoms with E-state index in [4.69, 9.17) is 4.74 Å². The van der Waals surface area contributed by atoms with E-state index >= 15 is 0 Å². The molecule has 28 heavy (non-hydrogen) atoms. The Morgan fingerprint density at radius 2 is 1.57 bits per heavy atom. The molecule has 0 amide bonds. The Morgan fingerprint density at radius 1 is 0.893 bits per heavy atom. The molecule has 1 N–H and O–H groups in total. The molecule has 1 unspecified atom stereocenters. The van der Waals surface area contributed by atoms with Crippen molar-refractivity contribution in [3.8, 4) is 5.75 Å². The summed E-state index contributed by atoms with van der Waals surface area (Å²) in [4.78, 5) is 2.36. The minimum atomic E-state index is -0.475. The van der Waals surface area contributed by atoms with Gasteiger partial charge in [0.25, 0.3) is 0 Å². The molecule has 1 saturated heterocycles. The predicted octanol–water partition coefficient (Wildman–Crippen LogP) is 4.88. The van der Waals surface area contributed by atoms with Crippen molar-refractivity contribution in [3.63, 3.8) is 0 Å². The van der Waals surface area contributed by atoms with Crippen molar-refractivity contribution in [1.82, 2.24) is 4.90 Å². The molecule has 0 spiro atoms. The zero-order chi connectivity index (χ0) is 18.5. The highest BCUT2D eigenvalue weighted by Crippen LogP contribution is 2.28. The standard InChI is InChI=1S/C24H27NO2.ClH/c26-22(18-27-24-12-6-10-21-9-4-5-11-23(21)24)17-25-15-13-20(14-16-25)19-7-2-1-3-8-19;/h1-12,20,22,26H,13-18H2;1H. The maximum absolute atomic E-state index is 10.5. The molecule has 0 aliphatic carbocycles. The number of benzene rings is 3. The van der Waals surface area contributed by atoms with Crippen LogP contribution in [-0.2, 0) is 0 Å². The van der Waals surface area contributed by atoms with Crippen molar-refractivity contribution in [3.05, 3.63) is 78.4 Å². The van der Waals surface area contributed by atoms with Crippen LogP contribution in [0.2, 0.25) is 0 Å². The number of rotatable bonds is 6. The fraction of sp³-hybridized carbons (Fsp3) is 0.333. The number of nitrogens with zero attached hydrogens (tertiary/aromatic N) is 1. The highest BCUT2D eigenvalue weighted by Gasteiger charge is 2.22. The number of aliphatic hydroxyl groups excluding tert-OH is 1. The molecule has 148 valence electrons. The van der Waals surface area contributed by atoms with Gasteiger partial charge in [0.2, 0.25) is 0 Å². The van der Waals surface area contributed by atoms with Crippen LogP contribution in [0.4, 0.5) is 0 Å². The number of fused-ring (bicyclic) bond motifs is 1. The van der Waals surface area contributed by atoms with Crippen LogP contribution in [0.1, 0.15) is 24.3 Å². The first-order chi connectivity index (χ1) is 13.3. The second-order valence-electron chi connectivity index (χ2n) is 7.43. The summed E-state index contributed by atoms with van der Waals surface area (Å²) in [6, 6.07) is 25.0. The molecule has 0 saturated carbocycles. The topological polar surface area (TPSA) is 32.7 Å². The molecule has 4 rings (SSSR count). The molecule has 3 aromatic carbocycles. The van der Waals surface area contributed by atoms with Gasteiger partial charge in [-0.3, -0.25) is 0 Å². The van der Waals surface area contributed by atoms with E-state index in [9.17, 15) is 5.11 Å². The average molecular weight is 398 g/mol. The number of halogens is 1. The first-order valence-electron chi connectivity index (χ1n) is 9.85. The van der Waals surface area contributed by atoms with Gasteiger partial charge in [0.15, 0.2) is 0 Å². The monoisotopic (exact) mass is 397 g/mol. The van der Waals surface area contributed by atoms with Crippen LogP contribution in [-0.4, -0.2) is 42.4 Å². The number of aliphatic hydroxyl groups is 1. The number of β-amino-alcohol motifs (C(OH)–C–C–N with tert-alkyl or cyclic N) is 1. The molecule has 4 heteroatoms. The number of hydrogen-bond acceptors (Lipinski definition) is 3. The summed E-state index contributed by atoms with van der Waals surface area (Å²) in [6.07, 6.45) is 1.83. The lowest BCUT2D eigenvalue weighted by Crippen LogP contribution is -2.40. The first kappa shape index (κ1) is 20.7. The summed E-state index contributed by atoms with van der Waals surface area (Å²) in [7, 11) is 0. The molecule has 0 radical (unpaired) electrons. The van der Waals surface area contributed by atoms with E-state index in [1.807, 2.05) is 24.3 Å². The fourth-order valence-corrected chi connectivity index (χ4v) is 4.03. The van der Waals surface area contributed by atoms with Gasteiger partial charge in [-0.15, -0.1) is 12.4 Å². The van der Waals surface area contributed by atoms with Gasteiger partial charge in [0.1, 0.15) is 18.5 Å². The summed E-state index contributed by atoms with van der Waals surface area (Å²) in [5.74, 6) is 1.49. The molecule has 1 fully saturated rings. The molecular formula is C24H28ClNO2. The summed E-state index contributed by atoms with van der Waals surface area (Å²) < 4.78 is 5.94. The highest BCUT2D eigenvalue weighted by molar-refractivity contribution is 5.88. The maximum atomic E-state index is 10.5. The van der Waals surface area contributed by atoms with Gasteiger partial charge in [0, 0.05) is 11.9 Å². The molecule has 1 aliphatic rings. The first-order valence-corrected chi connectivity index (χ1v) is 9.85. The average Bonchev–Trinajstić information content (AvgIpc) is 2.73. The maximum Gasteiger partial charge on any atom is 0.127 e. The van der Waals surface area contributed by atoms with Crippen LogP contribution < -0.4 is 4.74 Å². The predicted molar refractivity (Wildman–Crippen MR) is 118 cm³/mol. The van der Waals surface area contributed by atoms with Gasteiger partial charge in [-0.1, -0.05) is 66.7 Å². The quantitative estimate of drug-likeness (QED) is 0.643. The minimum Gasteiger partial charge on any atom is -0.490 e. The Morgan fingerprint density at radius 3 is 2.36 bits per heavy atom. The molecule has 1 aliphatic heterocycles. The van der Waals surface area contributed by atoms with E-state index in [1.54, 1.807) is 0 Å². The van der Waals surface area contributed by atoms with Crippen molar-refractivity contribution in [2.45, 2.75) is 24.9 Å². The highest BCUT2D eigenvalue weighted by atomic mass is 35.5. The second-order valence-corrected chi connectivity index (χ2v) is 7.43. The van der Waals surface area contributed by atoms with Crippen molar-refractivity contribution < 1.29 is 9.84 Å². The minimum absolute atomic E-state index is 0. The number of ether oxygens (including phenoxy) is 1. The van der Waals surface area contributed by atoms with E-state index in [2.05, 4.69) is 53.4 Å². The third-order valence-corrected chi connectivity index (χ3v) is 5.51. The zero-order valence-electron chi connectivity index (χ0n) is 16.0. The van der Waals surface area contributed by atoms with Crippen molar-refractivity contribution in [1.29, 1.82) is 0 Å². The van der Waals surface area contributed by atoms with Gasteiger partial charge in [0.05, 0.1) is 0 Å². The van der Waals surface area contributed by atoms with E-state index in [0.29, 0.717) is 19.1 Å². The lowest BCUT2D eigenvalue weighted by atomic mass is 9.89. The smallest absolute Gasteiger partial charge is 0.127 e. The summed E-state index contributed by atoms with van der Waals surface area (Å²) >= 11 is 0. The van der Waals surface area contributed by atoms with Crippen LogP contribution in [0.5, 0.6) is 5.75 Å². The van der Waals surface area contributed by atoms with Crippen molar-refractivity contribution in [2.24, 2.45) is 0 Å². The Bertz CT molecular complexity index is 857.